The number of carbonyl (C=O) groups is 1. The Balaban J connectivity index is 0.00000220. The molecular weight excluding hydrogens is 332 g/mol. The second-order valence-electron chi connectivity index (χ2n) is 5.10. The highest BCUT2D eigenvalue weighted by atomic mass is 79.9. The van der Waals surface area contributed by atoms with E-state index in [4.69, 9.17) is 4.74 Å². The fraction of sp³-hybridized carbons (Fsp3) is 0.562. The van der Waals surface area contributed by atoms with E-state index in [1.54, 1.807) is 0 Å². The first-order chi connectivity index (χ1) is 9.76. The van der Waals surface area contributed by atoms with E-state index in [0.717, 1.165) is 18.9 Å². The number of rotatable bonds is 7. The van der Waals surface area contributed by atoms with Crippen LogP contribution in [0.3, 0.4) is 0 Å². The number of halogens is 1. The van der Waals surface area contributed by atoms with E-state index in [-0.39, 0.29) is 23.0 Å². The van der Waals surface area contributed by atoms with Crippen molar-refractivity contribution in [3.8, 4) is 0 Å². The molecule has 1 aliphatic heterocycles. The number of anilines is 2. The van der Waals surface area contributed by atoms with Crippen molar-refractivity contribution in [2.75, 3.05) is 36.2 Å². The quantitative estimate of drug-likeness (QED) is 0.551. The Hall–Kier alpha value is -1.23. The van der Waals surface area contributed by atoms with E-state index < -0.39 is 0 Å². The van der Waals surface area contributed by atoms with Gasteiger partial charge in [0.2, 0.25) is 0 Å². The zero-order chi connectivity index (χ0) is 14.4. The van der Waals surface area contributed by atoms with Crippen molar-refractivity contribution in [2.24, 2.45) is 0 Å². The summed E-state index contributed by atoms with van der Waals surface area (Å²) >= 11 is 0. The molecule has 21 heavy (non-hydrogen) atoms. The lowest BCUT2D eigenvalue weighted by Gasteiger charge is -2.21. The van der Waals surface area contributed by atoms with Crippen molar-refractivity contribution in [2.45, 2.75) is 33.1 Å². The molecule has 0 radical (unpaired) electrons. The molecule has 1 aromatic rings. The van der Waals surface area contributed by atoms with Crippen LogP contribution in [0.2, 0.25) is 0 Å². The van der Waals surface area contributed by atoms with E-state index in [1.165, 1.54) is 24.9 Å². The van der Waals surface area contributed by atoms with Crippen molar-refractivity contribution in [3.05, 3.63) is 24.3 Å². The predicted octanol–water partition coefficient (Wildman–Crippen LogP) is 3.60. The fourth-order valence-corrected chi connectivity index (χ4v) is 2.60. The van der Waals surface area contributed by atoms with Crippen molar-refractivity contribution < 1.29 is 9.53 Å². The first-order valence-corrected chi connectivity index (χ1v) is 7.50. The Labute approximate surface area is 137 Å². The number of esters is 1. The molecular formula is C16H25BrN2O2. The highest BCUT2D eigenvalue weighted by Crippen LogP contribution is 2.35. The summed E-state index contributed by atoms with van der Waals surface area (Å²) in [6.45, 7) is 6.65. The van der Waals surface area contributed by atoms with Gasteiger partial charge in [0.05, 0.1) is 24.7 Å². The van der Waals surface area contributed by atoms with E-state index in [9.17, 15) is 4.79 Å². The molecule has 0 spiro atoms. The van der Waals surface area contributed by atoms with Gasteiger partial charge in [-0.3, -0.25) is 4.79 Å². The molecule has 0 fully saturated rings. The molecule has 118 valence electrons. The van der Waals surface area contributed by atoms with Gasteiger partial charge in [0, 0.05) is 6.54 Å². The average Bonchev–Trinajstić information content (AvgIpc) is 2.78. The topological polar surface area (TPSA) is 32.8 Å². The van der Waals surface area contributed by atoms with Crippen LogP contribution in [0.5, 0.6) is 0 Å². The Morgan fingerprint density at radius 2 is 1.81 bits per heavy atom. The molecule has 0 saturated carbocycles. The van der Waals surface area contributed by atoms with Crippen LogP contribution in [0, 0.1) is 0 Å². The first kappa shape index (κ1) is 17.8. The summed E-state index contributed by atoms with van der Waals surface area (Å²) in [4.78, 5) is 16.1. The fourth-order valence-electron chi connectivity index (χ4n) is 2.60. The summed E-state index contributed by atoms with van der Waals surface area (Å²) in [6, 6.07) is 8.28. The molecule has 0 unspecified atom stereocenters. The lowest BCUT2D eigenvalue weighted by atomic mass is 10.2. The molecule has 5 heteroatoms. The third-order valence-electron chi connectivity index (χ3n) is 3.56. The summed E-state index contributed by atoms with van der Waals surface area (Å²) in [7, 11) is 0. The predicted molar refractivity (Wildman–Crippen MR) is 92.5 cm³/mol. The number of ether oxygens (including phenoxy) is 1. The molecule has 0 saturated heterocycles. The Kier molecular flexibility index (Phi) is 7.57. The van der Waals surface area contributed by atoms with Gasteiger partial charge in [-0.05, 0) is 25.5 Å². The van der Waals surface area contributed by atoms with E-state index in [0.29, 0.717) is 13.2 Å². The molecule has 1 aromatic carbocycles. The van der Waals surface area contributed by atoms with Crippen LogP contribution in [-0.2, 0) is 9.53 Å². The number of hydrogen-bond donors (Lipinski definition) is 0. The SMILES string of the molecule is Br.CCCCCN1CN(CC(=O)OCC)c2ccccc21. The number of unbranched alkanes of at least 4 members (excludes halogenated alkanes) is 2. The molecule has 0 aromatic heterocycles. The van der Waals surface area contributed by atoms with Crippen molar-refractivity contribution in [1.29, 1.82) is 0 Å². The maximum absolute atomic E-state index is 11.7. The van der Waals surface area contributed by atoms with Gasteiger partial charge in [-0.15, -0.1) is 17.0 Å². The maximum Gasteiger partial charge on any atom is 0.325 e. The largest absolute Gasteiger partial charge is 0.465 e. The summed E-state index contributed by atoms with van der Waals surface area (Å²) in [6.07, 6.45) is 3.66. The monoisotopic (exact) mass is 356 g/mol. The van der Waals surface area contributed by atoms with Gasteiger partial charge in [0.25, 0.3) is 0 Å². The van der Waals surface area contributed by atoms with Gasteiger partial charge in [-0.1, -0.05) is 31.9 Å². The molecule has 0 N–H and O–H groups in total. The summed E-state index contributed by atoms with van der Waals surface area (Å²) in [5.41, 5.74) is 2.37. The average molecular weight is 357 g/mol. The maximum atomic E-state index is 11.7. The Morgan fingerprint density at radius 3 is 2.43 bits per heavy atom. The van der Waals surface area contributed by atoms with Crippen molar-refractivity contribution in [3.63, 3.8) is 0 Å². The van der Waals surface area contributed by atoms with Gasteiger partial charge in [-0.2, -0.15) is 0 Å². The highest BCUT2D eigenvalue weighted by Gasteiger charge is 2.26. The van der Waals surface area contributed by atoms with Crippen LogP contribution in [0.15, 0.2) is 24.3 Å². The number of para-hydroxylation sites is 2. The molecule has 1 aliphatic rings. The third kappa shape index (κ3) is 4.63. The summed E-state index contributed by atoms with van der Waals surface area (Å²) in [5.74, 6) is -0.155. The smallest absolute Gasteiger partial charge is 0.325 e. The number of benzene rings is 1. The van der Waals surface area contributed by atoms with Gasteiger partial charge in [0.1, 0.15) is 6.54 Å². The molecule has 1 heterocycles. The normalized spacial score (nSPS) is 12.9. The minimum Gasteiger partial charge on any atom is -0.465 e. The highest BCUT2D eigenvalue weighted by molar-refractivity contribution is 8.93. The van der Waals surface area contributed by atoms with Crippen LogP contribution in [0.1, 0.15) is 33.1 Å². The molecule has 0 bridgehead atoms. The van der Waals surface area contributed by atoms with Crippen molar-refractivity contribution >= 4 is 34.3 Å². The van der Waals surface area contributed by atoms with Crippen LogP contribution in [0.4, 0.5) is 11.4 Å². The van der Waals surface area contributed by atoms with E-state index in [2.05, 4.69) is 34.9 Å². The number of nitrogens with zero attached hydrogens (tertiary/aromatic N) is 2. The number of fused-ring (bicyclic) bond motifs is 1. The standard InChI is InChI=1S/C16H24N2O2.BrH/c1-3-5-8-11-17-13-18(12-16(19)20-4-2)15-10-7-6-9-14(15)17;/h6-7,9-10H,3-5,8,11-13H2,1-2H3;1H. The number of hydrogen-bond acceptors (Lipinski definition) is 4. The lowest BCUT2D eigenvalue weighted by Crippen LogP contribution is -2.35. The van der Waals surface area contributed by atoms with Gasteiger partial charge >= 0.3 is 5.97 Å². The second kappa shape index (κ2) is 8.93. The third-order valence-corrected chi connectivity index (χ3v) is 3.56. The minimum atomic E-state index is -0.155. The van der Waals surface area contributed by atoms with E-state index >= 15 is 0 Å². The summed E-state index contributed by atoms with van der Waals surface area (Å²) < 4.78 is 5.05. The van der Waals surface area contributed by atoms with Gasteiger partial charge in [0.15, 0.2) is 0 Å². The van der Waals surface area contributed by atoms with Crippen LogP contribution in [-0.4, -0.2) is 32.3 Å². The zero-order valence-corrected chi connectivity index (χ0v) is 14.6. The van der Waals surface area contributed by atoms with Crippen LogP contribution < -0.4 is 9.80 Å². The second-order valence-corrected chi connectivity index (χ2v) is 5.10. The molecule has 0 amide bonds. The molecule has 0 aliphatic carbocycles. The minimum absolute atomic E-state index is 0. The number of carbonyl (C=O) groups excluding carboxylic acids is 1. The molecule has 2 rings (SSSR count). The van der Waals surface area contributed by atoms with Crippen molar-refractivity contribution in [1.82, 2.24) is 0 Å². The lowest BCUT2D eigenvalue weighted by molar-refractivity contribution is -0.141. The van der Waals surface area contributed by atoms with Gasteiger partial charge in [-0.25, -0.2) is 0 Å². The van der Waals surface area contributed by atoms with E-state index in [1.807, 2.05) is 13.0 Å². The Bertz CT molecular complexity index is 454. The first-order valence-electron chi connectivity index (χ1n) is 7.50. The van der Waals surface area contributed by atoms with Crippen LogP contribution >= 0.6 is 17.0 Å². The molecule has 0 atom stereocenters. The molecule has 4 nitrogen and oxygen atoms in total. The van der Waals surface area contributed by atoms with Gasteiger partial charge < -0.3 is 14.5 Å². The van der Waals surface area contributed by atoms with Crippen LogP contribution in [0.25, 0.3) is 0 Å². The zero-order valence-electron chi connectivity index (χ0n) is 12.9. The summed E-state index contributed by atoms with van der Waals surface area (Å²) in [5, 5.41) is 0. The Morgan fingerprint density at radius 1 is 1.14 bits per heavy atom.